The van der Waals surface area contributed by atoms with Gasteiger partial charge in [0.15, 0.2) is 5.78 Å². The summed E-state index contributed by atoms with van der Waals surface area (Å²) >= 11 is 0. The van der Waals surface area contributed by atoms with Crippen LogP contribution in [0, 0.1) is 11.8 Å². The Kier molecular flexibility index (Phi) is 40.7. The maximum Gasteiger partial charge on any atom is 0.303 e. The number of likely N-dealkylation sites (tertiary alicyclic amines) is 1. The normalized spacial score (nSPS) is 14.6. The molecular weight excluding hydrogens is 782 g/mol. The lowest BCUT2D eigenvalue weighted by Gasteiger charge is -2.29. The minimum absolute atomic E-state index is 0.187. The van der Waals surface area contributed by atoms with Crippen molar-refractivity contribution in [2.45, 2.75) is 179 Å². The molecule has 0 radical (unpaired) electrons. The maximum absolute atomic E-state index is 13.2. The Balaban J connectivity index is -0.000000470. The Morgan fingerprint density at radius 1 is 0.700 bits per heavy atom. The molecule has 60 heavy (non-hydrogen) atoms. The molecule has 0 spiro atoms. The number of carbonyl (C=O) groups is 10. The highest BCUT2D eigenvalue weighted by atomic mass is 16.4. The summed E-state index contributed by atoms with van der Waals surface area (Å²) in [6.45, 7) is 26.9. The van der Waals surface area contributed by atoms with Crippen molar-refractivity contribution in [2.24, 2.45) is 11.8 Å². The number of Topliss-reactive ketones (excluding diaryl/α,β-unsaturated/α-hetero) is 1. The molecule has 6 atom stereocenters. The fraction of sp³-hybridized carbons (Fsp3) is 0.756. The van der Waals surface area contributed by atoms with Crippen LogP contribution in [0.2, 0.25) is 0 Å². The van der Waals surface area contributed by atoms with E-state index in [4.69, 9.17) is 15.0 Å². The van der Waals surface area contributed by atoms with Gasteiger partial charge < -0.3 is 47.0 Å². The fourth-order valence-corrected chi connectivity index (χ4v) is 4.30. The lowest BCUT2D eigenvalue weighted by Crippen LogP contribution is -2.59. The second-order valence-electron chi connectivity index (χ2n) is 14.5. The van der Waals surface area contributed by atoms with Gasteiger partial charge in [0, 0.05) is 33.4 Å². The molecule has 3 unspecified atom stereocenters. The summed E-state index contributed by atoms with van der Waals surface area (Å²) in [6, 6.07) is -5.91. The molecule has 1 aliphatic rings. The van der Waals surface area contributed by atoms with Gasteiger partial charge in [0.05, 0.1) is 6.04 Å². The molecule has 0 aromatic heterocycles. The van der Waals surface area contributed by atoms with Crippen molar-refractivity contribution in [1.29, 1.82) is 0 Å². The van der Waals surface area contributed by atoms with Gasteiger partial charge in [0.1, 0.15) is 30.2 Å². The number of hydrogen-bond donors (Lipinski definition) is 8. The average Bonchev–Trinajstić information content (AvgIpc) is 3.66. The Morgan fingerprint density at radius 2 is 1.15 bits per heavy atom. The van der Waals surface area contributed by atoms with E-state index < -0.39 is 89.6 Å². The second kappa shape index (κ2) is 38.1. The predicted octanol–water partition coefficient (Wildman–Crippen LogP) is 2.54. The molecule has 19 nitrogen and oxygen atoms in total. The maximum atomic E-state index is 13.2. The van der Waals surface area contributed by atoms with Crippen LogP contribution in [0.4, 0.5) is 0 Å². The van der Waals surface area contributed by atoms with E-state index in [1.807, 2.05) is 13.8 Å². The van der Waals surface area contributed by atoms with Crippen molar-refractivity contribution in [3.8, 4) is 0 Å². The van der Waals surface area contributed by atoms with Crippen molar-refractivity contribution in [2.75, 3.05) is 13.6 Å². The molecule has 19 heteroatoms. The number of nitrogens with one attached hydrogen (secondary N) is 6. The number of carboxylic acids is 2. The van der Waals surface area contributed by atoms with Crippen LogP contribution in [-0.4, -0.2) is 125 Å². The van der Waals surface area contributed by atoms with Gasteiger partial charge in [0.2, 0.25) is 41.9 Å². The monoisotopic (exact) mass is 862 g/mol. The molecule has 7 amide bonds. The number of amides is 7. The van der Waals surface area contributed by atoms with Gasteiger partial charge in [0.25, 0.3) is 0 Å². The first-order valence-electron chi connectivity index (χ1n) is 20.6. The van der Waals surface area contributed by atoms with E-state index in [2.05, 4.69) is 66.5 Å². The molecule has 0 aromatic carbocycles. The van der Waals surface area contributed by atoms with E-state index in [1.165, 1.54) is 39.0 Å². The zero-order valence-corrected chi connectivity index (χ0v) is 39.1. The Morgan fingerprint density at radius 3 is 1.52 bits per heavy atom. The molecule has 0 aromatic rings. The average molecular weight is 862 g/mol. The lowest BCUT2D eigenvalue weighted by atomic mass is 10.0. The first-order chi connectivity index (χ1) is 27.8. The van der Waals surface area contributed by atoms with Crippen LogP contribution in [0.15, 0.2) is 0 Å². The highest BCUT2D eigenvalue weighted by Crippen LogP contribution is 2.19. The van der Waals surface area contributed by atoms with Gasteiger partial charge in [-0.1, -0.05) is 75.7 Å². The first kappa shape index (κ1) is 64.1. The summed E-state index contributed by atoms with van der Waals surface area (Å²) in [5, 5.41) is 31.4. The Labute approximate surface area is 358 Å². The third-order valence-electron chi connectivity index (χ3n) is 7.30. The number of carboxylic acid groups (broad SMARTS) is 2. The highest BCUT2D eigenvalue weighted by Gasteiger charge is 2.38. The van der Waals surface area contributed by atoms with Crippen LogP contribution in [-0.2, 0) is 47.9 Å². The Hall–Kier alpha value is -5.10. The number of ketones is 1. The summed E-state index contributed by atoms with van der Waals surface area (Å²) in [7, 11) is 1.56. The van der Waals surface area contributed by atoms with Crippen molar-refractivity contribution < 1.29 is 58.2 Å². The molecule has 1 heterocycles. The first-order valence-corrected chi connectivity index (χ1v) is 20.6. The van der Waals surface area contributed by atoms with E-state index in [9.17, 15) is 43.2 Å². The molecule has 350 valence electrons. The van der Waals surface area contributed by atoms with Crippen LogP contribution in [0.1, 0.15) is 142 Å². The fourth-order valence-electron chi connectivity index (χ4n) is 4.30. The van der Waals surface area contributed by atoms with Gasteiger partial charge in [-0.3, -0.25) is 47.9 Å². The standard InChI is InChI=1S/C27H44N6O9.C4H10.C3H6O2.C3H8.C2H5NO.C2H6/c1-13(2)22(32-23(38)15(4)29-24(39)19(31-18(7)35)10-11-21(36)37)26(41)30-16(5)27(42)33-12-8-9-20(33)25(40)28-14(3)17(6)34;1-4(2)3;1-2-3(4)5;1-3-2;1-3-2-4;1-2/h13-16,19-20,22H,8-12H2,1-7H3,(H,28,40)(H,29,39)(H,30,41)(H,31,35)(H,32,38)(H,36,37);4H,1-3H3;2H2,1H3,(H,4,5);3H2,1-2H3;2H,1H3,(H,3,4);1-2H3/t14-,15?,16-,19-,20?,22?;;;;;/m0...../s1. The second-order valence-corrected chi connectivity index (χ2v) is 14.5. The summed E-state index contributed by atoms with van der Waals surface area (Å²) in [5.41, 5.74) is 0. The quantitative estimate of drug-likeness (QED) is 0.0980. The van der Waals surface area contributed by atoms with Gasteiger partial charge >= 0.3 is 11.9 Å². The summed E-state index contributed by atoms with van der Waals surface area (Å²) < 4.78 is 0. The zero-order valence-electron chi connectivity index (χ0n) is 39.1. The minimum Gasteiger partial charge on any atom is -0.481 e. The minimum atomic E-state index is -1.17. The molecule has 1 rings (SSSR count). The number of carbonyl (C=O) groups excluding carboxylic acids is 8. The summed E-state index contributed by atoms with van der Waals surface area (Å²) in [5.74, 6) is -5.33. The number of rotatable bonds is 17. The van der Waals surface area contributed by atoms with Gasteiger partial charge in [-0.25, -0.2) is 0 Å². The predicted molar refractivity (Wildman–Crippen MR) is 230 cm³/mol. The molecule has 8 N–H and O–H groups in total. The van der Waals surface area contributed by atoms with Gasteiger partial charge in [-0.05, 0) is 58.8 Å². The third-order valence-corrected chi connectivity index (χ3v) is 7.30. The molecule has 1 fully saturated rings. The Bertz CT molecular complexity index is 1310. The summed E-state index contributed by atoms with van der Waals surface area (Å²) in [6.07, 6.45) is 2.52. The zero-order chi connectivity index (χ0) is 48.3. The molecule has 0 aliphatic carbocycles. The molecular formula is C41H79N7O12. The summed E-state index contributed by atoms with van der Waals surface area (Å²) in [4.78, 5) is 118. The molecule has 0 bridgehead atoms. The van der Waals surface area contributed by atoms with Crippen molar-refractivity contribution >= 4 is 59.6 Å². The van der Waals surface area contributed by atoms with Crippen LogP contribution >= 0.6 is 0 Å². The number of nitrogens with zero attached hydrogens (tertiary/aromatic N) is 1. The smallest absolute Gasteiger partial charge is 0.303 e. The van der Waals surface area contributed by atoms with Crippen LogP contribution < -0.4 is 31.9 Å². The molecule has 0 saturated carbocycles. The van der Waals surface area contributed by atoms with Crippen molar-refractivity contribution in [1.82, 2.24) is 36.8 Å². The van der Waals surface area contributed by atoms with Crippen LogP contribution in [0.25, 0.3) is 0 Å². The van der Waals surface area contributed by atoms with Crippen LogP contribution in [0.5, 0.6) is 0 Å². The van der Waals surface area contributed by atoms with Gasteiger partial charge in [-0.15, -0.1) is 0 Å². The van der Waals surface area contributed by atoms with Crippen molar-refractivity contribution in [3.63, 3.8) is 0 Å². The van der Waals surface area contributed by atoms with E-state index in [1.54, 1.807) is 34.7 Å². The molecule has 1 saturated heterocycles. The van der Waals surface area contributed by atoms with E-state index in [0.29, 0.717) is 25.8 Å². The van der Waals surface area contributed by atoms with Crippen LogP contribution in [0.3, 0.4) is 0 Å². The topological polar surface area (TPSA) is 287 Å². The number of hydrogen-bond acceptors (Lipinski definition) is 10. The largest absolute Gasteiger partial charge is 0.481 e. The van der Waals surface area contributed by atoms with E-state index in [-0.39, 0.29) is 25.0 Å². The SMILES string of the molecule is CC.CC(=O)N[C@@H](CCC(=O)O)C(=O)NC(C)C(=O)NC(C(=O)N[C@@H](C)C(=O)N1CCCC1C(=O)N[C@@H](C)C(C)=O)C(C)C.CC(C)C.CCC.CCC(=O)O.CNC=O. The van der Waals surface area contributed by atoms with Crippen molar-refractivity contribution in [3.05, 3.63) is 0 Å². The lowest BCUT2D eigenvalue weighted by molar-refractivity contribution is -0.142. The van der Waals surface area contributed by atoms with E-state index >= 15 is 0 Å². The van der Waals surface area contributed by atoms with E-state index in [0.717, 1.165) is 5.92 Å². The number of aliphatic carboxylic acids is 2. The molecule has 1 aliphatic heterocycles. The highest BCUT2D eigenvalue weighted by molar-refractivity contribution is 5.97. The third kappa shape index (κ3) is 33.8. The van der Waals surface area contributed by atoms with Gasteiger partial charge in [-0.2, -0.15) is 0 Å².